The fourth-order valence-corrected chi connectivity index (χ4v) is 3.77. The molecule has 0 saturated carbocycles. The molecule has 2 rings (SSSR count). The first-order chi connectivity index (χ1) is 6.77. The van der Waals surface area contributed by atoms with Gasteiger partial charge >= 0.3 is 0 Å². The summed E-state index contributed by atoms with van der Waals surface area (Å²) in [5, 5.41) is 3.18. The van der Waals surface area contributed by atoms with Crippen LogP contribution < -0.4 is 0 Å². The molecule has 14 heavy (non-hydrogen) atoms. The molecule has 1 aromatic carbocycles. The van der Waals surface area contributed by atoms with E-state index in [9.17, 15) is 4.79 Å². The van der Waals surface area contributed by atoms with Crippen molar-refractivity contribution in [1.29, 1.82) is 0 Å². The van der Waals surface area contributed by atoms with Crippen molar-refractivity contribution in [3.63, 3.8) is 0 Å². The Kier molecular flexibility index (Phi) is 2.85. The Morgan fingerprint density at radius 1 is 1.50 bits per heavy atom. The number of rotatable bonds is 2. The molecule has 0 saturated heterocycles. The Morgan fingerprint density at radius 3 is 2.93 bits per heavy atom. The van der Waals surface area contributed by atoms with Gasteiger partial charge in [-0.1, -0.05) is 0 Å². The molecule has 1 heterocycles. The van der Waals surface area contributed by atoms with Crippen LogP contribution in [0.3, 0.4) is 0 Å². The van der Waals surface area contributed by atoms with Gasteiger partial charge in [0.25, 0.3) is 0 Å². The third kappa shape index (κ3) is 1.47. The van der Waals surface area contributed by atoms with Crippen molar-refractivity contribution in [2.75, 3.05) is 6.26 Å². The van der Waals surface area contributed by atoms with E-state index in [-0.39, 0.29) is 0 Å². The van der Waals surface area contributed by atoms with Gasteiger partial charge in [0.1, 0.15) is 0 Å². The fraction of sp³-hybridized carbons (Fsp3) is 0.100. The van der Waals surface area contributed by atoms with E-state index in [2.05, 4.69) is 18.0 Å². The Labute approximate surface area is 95.9 Å². The maximum atomic E-state index is 10.8. The van der Waals surface area contributed by atoms with Crippen LogP contribution in [0.2, 0.25) is 0 Å². The SMILES string of the molecule is CSc1csc2c(C=O)ccc(S)c12. The summed E-state index contributed by atoms with van der Waals surface area (Å²) < 4.78 is 1.04. The summed E-state index contributed by atoms with van der Waals surface area (Å²) in [6.45, 7) is 0. The summed E-state index contributed by atoms with van der Waals surface area (Å²) in [6.07, 6.45) is 2.93. The minimum atomic E-state index is 0.753. The van der Waals surface area contributed by atoms with E-state index < -0.39 is 0 Å². The Balaban J connectivity index is 2.86. The molecule has 0 amide bonds. The number of hydrogen-bond donors (Lipinski definition) is 1. The average Bonchev–Trinajstić information content (AvgIpc) is 2.63. The lowest BCUT2D eigenvalue weighted by molar-refractivity contribution is 0.112. The summed E-state index contributed by atoms with van der Waals surface area (Å²) in [5.74, 6) is 0. The van der Waals surface area contributed by atoms with Gasteiger partial charge < -0.3 is 0 Å². The number of benzene rings is 1. The highest BCUT2D eigenvalue weighted by Crippen LogP contribution is 2.37. The summed E-state index contributed by atoms with van der Waals surface area (Å²) >= 11 is 7.69. The lowest BCUT2D eigenvalue weighted by atomic mass is 10.2. The molecule has 0 aliphatic heterocycles. The molecule has 0 fully saturated rings. The summed E-state index contributed by atoms with van der Waals surface area (Å²) in [4.78, 5) is 12.9. The molecule has 0 N–H and O–H groups in total. The minimum Gasteiger partial charge on any atom is -0.298 e. The third-order valence-electron chi connectivity index (χ3n) is 2.04. The smallest absolute Gasteiger partial charge is 0.151 e. The Hall–Kier alpha value is -0.450. The van der Waals surface area contributed by atoms with Crippen molar-refractivity contribution < 1.29 is 4.79 Å². The van der Waals surface area contributed by atoms with Gasteiger partial charge in [0.15, 0.2) is 6.29 Å². The normalized spacial score (nSPS) is 10.7. The van der Waals surface area contributed by atoms with Crippen LogP contribution in [0, 0.1) is 0 Å². The van der Waals surface area contributed by atoms with Crippen molar-refractivity contribution >= 4 is 52.1 Å². The first kappa shape index (κ1) is 10.1. The zero-order chi connectivity index (χ0) is 10.1. The van der Waals surface area contributed by atoms with E-state index in [0.29, 0.717) is 0 Å². The first-order valence-corrected chi connectivity index (χ1v) is 6.55. The largest absolute Gasteiger partial charge is 0.298 e. The zero-order valence-corrected chi connectivity index (χ0v) is 10.0. The fourth-order valence-electron chi connectivity index (χ4n) is 1.37. The van der Waals surface area contributed by atoms with Crippen molar-refractivity contribution in [2.45, 2.75) is 9.79 Å². The minimum absolute atomic E-state index is 0.753. The van der Waals surface area contributed by atoms with E-state index in [1.54, 1.807) is 23.1 Å². The van der Waals surface area contributed by atoms with Gasteiger partial charge in [-0.05, 0) is 18.4 Å². The second-order valence-electron chi connectivity index (χ2n) is 2.80. The highest BCUT2D eigenvalue weighted by molar-refractivity contribution is 7.99. The molecular weight excluding hydrogens is 232 g/mol. The summed E-state index contributed by atoms with van der Waals surface area (Å²) in [5.41, 5.74) is 0.753. The maximum absolute atomic E-state index is 10.8. The van der Waals surface area contributed by atoms with Gasteiger partial charge in [-0.2, -0.15) is 0 Å². The molecule has 0 aliphatic rings. The van der Waals surface area contributed by atoms with Gasteiger partial charge in [0.05, 0.1) is 0 Å². The number of carbonyl (C=O) groups excluding carboxylic acids is 1. The second kappa shape index (κ2) is 3.96. The number of aldehydes is 1. The topological polar surface area (TPSA) is 17.1 Å². The monoisotopic (exact) mass is 240 g/mol. The number of thiol groups is 1. The number of hydrogen-bond acceptors (Lipinski definition) is 4. The van der Waals surface area contributed by atoms with E-state index in [0.717, 1.165) is 26.8 Å². The molecule has 0 unspecified atom stereocenters. The van der Waals surface area contributed by atoms with Gasteiger partial charge in [0, 0.05) is 30.8 Å². The summed E-state index contributed by atoms with van der Waals surface area (Å²) in [7, 11) is 0. The Bertz CT molecular complexity index is 487. The van der Waals surface area contributed by atoms with Crippen LogP contribution in [0.5, 0.6) is 0 Å². The number of thiophene rings is 1. The lowest BCUT2D eigenvalue weighted by Gasteiger charge is -2.00. The molecule has 0 aliphatic carbocycles. The number of thioether (sulfide) groups is 1. The quantitative estimate of drug-likeness (QED) is 0.489. The van der Waals surface area contributed by atoms with Crippen LogP contribution in [0.25, 0.3) is 10.1 Å². The van der Waals surface area contributed by atoms with E-state index in [4.69, 9.17) is 0 Å². The van der Waals surface area contributed by atoms with Crippen LogP contribution in [0.15, 0.2) is 27.3 Å². The lowest BCUT2D eigenvalue weighted by Crippen LogP contribution is -1.80. The van der Waals surface area contributed by atoms with Gasteiger partial charge in [0.2, 0.25) is 0 Å². The molecule has 2 aromatic rings. The molecule has 0 radical (unpaired) electrons. The number of carbonyl (C=O) groups is 1. The van der Waals surface area contributed by atoms with Gasteiger partial charge in [-0.3, -0.25) is 4.79 Å². The van der Waals surface area contributed by atoms with Crippen LogP contribution in [-0.4, -0.2) is 12.5 Å². The van der Waals surface area contributed by atoms with Crippen LogP contribution >= 0.6 is 35.7 Å². The predicted octanol–water partition coefficient (Wildman–Crippen LogP) is 3.72. The Morgan fingerprint density at radius 2 is 2.29 bits per heavy atom. The highest BCUT2D eigenvalue weighted by Gasteiger charge is 2.09. The molecular formula is C10H8OS3. The second-order valence-corrected chi connectivity index (χ2v) is 5.01. The van der Waals surface area contributed by atoms with E-state index >= 15 is 0 Å². The molecule has 0 bridgehead atoms. The zero-order valence-electron chi connectivity index (χ0n) is 7.48. The van der Waals surface area contributed by atoms with E-state index in [1.165, 1.54) is 4.90 Å². The standard InChI is InChI=1S/C10H8OS3/c1-13-8-5-14-10-6(4-11)2-3-7(12)9(8)10/h2-5,12H,1H3. The van der Waals surface area contributed by atoms with E-state index in [1.807, 2.05) is 18.4 Å². The highest BCUT2D eigenvalue weighted by atomic mass is 32.2. The van der Waals surface area contributed by atoms with Crippen LogP contribution in [-0.2, 0) is 0 Å². The van der Waals surface area contributed by atoms with Gasteiger partial charge in [-0.25, -0.2) is 0 Å². The van der Waals surface area contributed by atoms with Crippen molar-refractivity contribution in [2.24, 2.45) is 0 Å². The molecule has 72 valence electrons. The molecule has 1 aromatic heterocycles. The van der Waals surface area contributed by atoms with Crippen molar-refractivity contribution in [3.8, 4) is 0 Å². The maximum Gasteiger partial charge on any atom is 0.151 e. The molecule has 0 spiro atoms. The summed E-state index contributed by atoms with van der Waals surface area (Å²) in [6, 6.07) is 3.69. The van der Waals surface area contributed by atoms with Crippen LogP contribution in [0.4, 0.5) is 0 Å². The molecule has 4 heteroatoms. The van der Waals surface area contributed by atoms with Crippen LogP contribution in [0.1, 0.15) is 10.4 Å². The van der Waals surface area contributed by atoms with Gasteiger partial charge in [-0.15, -0.1) is 35.7 Å². The first-order valence-electron chi connectivity index (χ1n) is 4.00. The van der Waals surface area contributed by atoms with Crippen molar-refractivity contribution in [3.05, 3.63) is 23.1 Å². The average molecular weight is 240 g/mol. The molecule has 0 atom stereocenters. The predicted molar refractivity (Wildman–Crippen MR) is 66.2 cm³/mol. The third-order valence-corrected chi connectivity index (χ3v) is 4.36. The molecule has 1 nitrogen and oxygen atoms in total. The van der Waals surface area contributed by atoms with Crippen molar-refractivity contribution in [1.82, 2.24) is 0 Å². The number of fused-ring (bicyclic) bond motifs is 1.